The zero-order valence-corrected chi connectivity index (χ0v) is 17.0. The molecule has 8 heteroatoms. The summed E-state index contributed by atoms with van der Waals surface area (Å²) in [7, 11) is 0. The van der Waals surface area contributed by atoms with E-state index in [0.29, 0.717) is 34.4 Å². The molecule has 0 fully saturated rings. The maximum Gasteiger partial charge on any atom is 0.307 e. The van der Waals surface area contributed by atoms with Gasteiger partial charge in [0, 0.05) is 12.0 Å². The molecule has 0 aliphatic heterocycles. The smallest absolute Gasteiger partial charge is 0.307 e. The standard InChI is InChI=1S/C22H20N2O5S/c1-13-19(23-21(29-13)15-5-3-2-4-6-15)17(25)12-28-16-9-7-14(8-10-16)11-18-20(26)24-22(27)30-18/h2-10,17,25-26H,11-12H2,1H3,(H,24,27). The summed E-state index contributed by atoms with van der Waals surface area (Å²) in [6, 6.07) is 16.7. The Morgan fingerprint density at radius 2 is 1.90 bits per heavy atom. The Hall–Kier alpha value is -3.36. The van der Waals surface area contributed by atoms with Gasteiger partial charge in [-0.05, 0) is 36.8 Å². The van der Waals surface area contributed by atoms with Crippen LogP contribution in [0, 0.1) is 6.92 Å². The lowest BCUT2D eigenvalue weighted by atomic mass is 10.1. The topological polar surface area (TPSA) is 109 Å². The van der Waals surface area contributed by atoms with Gasteiger partial charge in [0.1, 0.15) is 29.9 Å². The number of nitrogens with one attached hydrogen (secondary N) is 1. The summed E-state index contributed by atoms with van der Waals surface area (Å²) >= 11 is 0.986. The number of hydrogen-bond donors (Lipinski definition) is 3. The molecule has 0 aliphatic carbocycles. The third-order valence-corrected chi connectivity index (χ3v) is 5.44. The van der Waals surface area contributed by atoms with Gasteiger partial charge in [-0.3, -0.25) is 9.78 Å². The molecule has 1 unspecified atom stereocenters. The molecule has 7 nitrogen and oxygen atoms in total. The quantitative estimate of drug-likeness (QED) is 0.416. The van der Waals surface area contributed by atoms with Gasteiger partial charge >= 0.3 is 4.87 Å². The number of aromatic hydroxyl groups is 1. The Balaban J connectivity index is 1.38. The van der Waals surface area contributed by atoms with Gasteiger partial charge in [-0.1, -0.05) is 41.7 Å². The average Bonchev–Trinajstić information content (AvgIpc) is 3.29. The Kier molecular flexibility index (Phi) is 5.69. The number of oxazole rings is 1. The van der Waals surface area contributed by atoms with Crippen molar-refractivity contribution in [1.29, 1.82) is 0 Å². The minimum atomic E-state index is -0.931. The van der Waals surface area contributed by atoms with E-state index in [1.54, 1.807) is 19.1 Å². The first kappa shape index (κ1) is 19.9. The summed E-state index contributed by atoms with van der Waals surface area (Å²) in [4.78, 5) is 18.3. The van der Waals surface area contributed by atoms with E-state index in [9.17, 15) is 15.0 Å². The number of aliphatic hydroxyl groups is 1. The average molecular weight is 424 g/mol. The van der Waals surface area contributed by atoms with Gasteiger partial charge < -0.3 is 19.4 Å². The first-order valence-electron chi connectivity index (χ1n) is 9.33. The van der Waals surface area contributed by atoms with Crippen LogP contribution in [0.4, 0.5) is 0 Å². The van der Waals surface area contributed by atoms with E-state index in [0.717, 1.165) is 22.5 Å². The summed E-state index contributed by atoms with van der Waals surface area (Å²) in [6.07, 6.45) is -0.488. The number of thiazole rings is 1. The Labute approximate surface area is 176 Å². The molecule has 0 spiro atoms. The van der Waals surface area contributed by atoms with Crippen LogP contribution in [0.5, 0.6) is 11.6 Å². The van der Waals surface area contributed by atoms with Crippen molar-refractivity contribution in [3.63, 3.8) is 0 Å². The van der Waals surface area contributed by atoms with E-state index in [-0.39, 0.29) is 17.4 Å². The van der Waals surface area contributed by atoms with Crippen molar-refractivity contribution in [1.82, 2.24) is 9.97 Å². The highest BCUT2D eigenvalue weighted by atomic mass is 32.1. The minimum absolute atomic E-state index is 0.0289. The molecule has 2 aromatic carbocycles. The van der Waals surface area contributed by atoms with E-state index in [1.165, 1.54) is 0 Å². The SMILES string of the molecule is Cc1oc(-c2ccccc2)nc1C(O)COc1ccc(Cc2sc(=O)[nH]c2O)cc1. The van der Waals surface area contributed by atoms with Crippen molar-refractivity contribution in [2.24, 2.45) is 0 Å². The molecule has 0 amide bonds. The molecule has 154 valence electrons. The molecule has 4 rings (SSSR count). The molecule has 2 aromatic heterocycles. The zero-order chi connectivity index (χ0) is 21.1. The normalized spacial score (nSPS) is 12.1. The fraction of sp³-hybridized carbons (Fsp3) is 0.182. The molecule has 0 saturated carbocycles. The summed E-state index contributed by atoms with van der Waals surface area (Å²) < 4.78 is 11.4. The molecule has 0 aliphatic rings. The summed E-state index contributed by atoms with van der Waals surface area (Å²) in [6.45, 7) is 1.79. The highest BCUT2D eigenvalue weighted by Gasteiger charge is 2.19. The molecular weight excluding hydrogens is 404 g/mol. The van der Waals surface area contributed by atoms with Gasteiger partial charge in [-0.15, -0.1) is 0 Å². The maximum atomic E-state index is 11.3. The molecule has 1 atom stereocenters. The van der Waals surface area contributed by atoms with Crippen LogP contribution < -0.4 is 9.61 Å². The second-order valence-electron chi connectivity index (χ2n) is 6.76. The number of aromatic amines is 1. The fourth-order valence-electron chi connectivity index (χ4n) is 3.04. The monoisotopic (exact) mass is 424 g/mol. The van der Waals surface area contributed by atoms with Crippen LogP contribution in [-0.2, 0) is 6.42 Å². The third kappa shape index (κ3) is 4.45. The molecular formula is C22H20N2O5S. The van der Waals surface area contributed by atoms with Crippen molar-refractivity contribution >= 4 is 11.3 Å². The number of rotatable bonds is 7. The minimum Gasteiger partial charge on any atom is -0.494 e. The van der Waals surface area contributed by atoms with Gasteiger partial charge in [0.05, 0.1) is 4.88 Å². The lowest BCUT2D eigenvalue weighted by Crippen LogP contribution is -2.11. The third-order valence-electron chi connectivity index (χ3n) is 4.57. The molecule has 0 saturated heterocycles. The number of benzene rings is 2. The van der Waals surface area contributed by atoms with E-state index in [2.05, 4.69) is 9.97 Å². The summed E-state index contributed by atoms with van der Waals surface area (Å²) in [5, 5.41) is 20.2. The lowest BCUT2D eigenvalue weighted by Gasteiger charge is -2.11. The molecule has 3 N–H and O–H groups in total. The van der Waals surface area contributed by atoms with Crippen molar-refractivity contribution in [3.8, 4) is 23.1 Å². The fourth-order valence-corrected chi connectivity index (χ4v) is 3.79. The molecule has 4 aromatic rings. The first-order chi connectivity index (χ1) is 14.5. The molecule has 2 heterocycles. The number of aryl methyl sites for hydroxylation is 1. The molecule has 0 bridgehead atoms. The predicted molar refractivity (Wildman–Crippen MR) is 113 cm³/mol. The van der Waals surface area contributed by atoms with Crippen LogP contribution in [0.1, 0.15) is 28.0 Å². The van der Waals surface area contributed by atoms with Crippen LogP contribution in [0.15, 0.2) is 63.8 Å². The van der Waals surface area contributed by atoms with Gasteiger partial charge in [-0.2, -0.15) is 0 Å². The number of H-pyrrole nitrogens is 1. The second-order valence-corrected chi connectivity index (χ2v) is 7.83. The van der Waals surface area contributed by atoms with E-state index in [1.807, 2.05) is 42.5 Å². The highest BCUT2D eigenvalue weighted by Crippen LogP contribution is 2.26. The van der Waals surface area contributed by atoms with E-state index >= 15 is 0 Å². The predicted octanol–water partition coefficient (Wildman–Crippen LogP) is 3.81. The van der Waals surface area contributed by atoms with Crippen LogP contribution in [0.3, 0.4) is 0 Å². The van der Waals surface area contributed by atoms with Gasteiger partial charge in [0.25, 0.3) is 0 Å². The zero-order valence-electron chi connectivity index (χ0n) is 16.2. The maximum absolute atomic E-state index is 11.3. The van der Waals surface area contributed by atoms with Crippen molar-refractivity contribution in [3.05, 3.63) is 86.2 Å². The lowest BCUT2D eigenvalue weighted by molar-refractivity contribution is 0.104. The van der Waals surface area contributed by atoms with Crippen LogP contribution in [0.25, 0.3) is 11.5 Å². The van der Waals surface area contributed by atoms with Crippen molar-refractivity contribution in [2.75, 3.05) is 6.61 Å². The number of hydrogen-bond acceptors (Lipinski definition) is 7. The summed E-state index contributed by atoms with van der Waals surface area (Å²) in [5.41, 5.74) is 2.21. The summed E-state index contributed by atoms with van der Waals surface area (Å²) in [5.74, 6) is 1.51. The Bertz CT molecular complexity index is 1180. The second kappa shape index (κ2) is 8.56. The van der Waals surface area contributed by atoms with E-state index in [4.69, 9.17) is 9.15 Å². The van der Waals surface area contributed by atoms with Gasteiger partial charge in [-0.25, -0.2) is 4.98 Å². The van der Waals surface area contributed by atoms with Crippen LogP contribution >= 0.6 is 11.3 Å². The van der Waals surface area contributed by atoms with Crippen LogP contribution in [-0.4, -0.2) is 26.8 Å². The Morgan fingerprint density at radius 1 is 1.17 bits per heavy atom. The highest BCUT2D eigenvalue weighted by molar-refractivity contribution is 7.09. The van der Waals surface area contributed by atoms with Crippen molar-refractivity contribution < 1.29 is 19.4 Å². The van der Waals surface area contributed by atoms with Crippen LogP contribution in [0.2, 0.25) is 0 Å². The number of aromatic nitrogens is 2. The van der Waals surface area contributed by atoms with Gasteiger partial charge in [0.2, 0.25) is 11.8 Å². The molecule has 0 radical (unpaired) electrons. The van der Waals surface area contributed by atoms with Crippen molar-refractivity contribution in [2.45, 2.75) is 19.4 Å². The van der Waals surface area contributed by atoms with Gasteiger partial charge in [0.15, 0.2) is 0 Å². The number of aliphatic hydroxyl groups excluding tert-OH is 1. The Morgan fingerprint density at radius 3 is 2.57 bits per heavy atom. The first-order valence-corrected chi connectivity index (χ1v) is 10.1. The largest absolute Gasteiger partial charge is 0.494 e. The molecule has 30 heavy (non-hydrogen) atoms. The number of ether oxygens (including phenoxy) is 1. The van der Waals surface area contributed by atoms with E-state index < -0.39 is 6.10 Å². The number of nitrogens with zero attached hydrogens (tertiary/aromatic N) is 1.